The molecule has 19 heavy (non-hydrogen) atoms. The number of non-ortho nitro benzene ring substituents is 1. The first kappa shape index (κ1) is 13.2. The number of hydrogen-bond acceptors (Lipinski definition) is 5. The van der Waals surface area contributed by atoms with Crippen molar-refractivity contribution < 1.29 is 19.9 Å². The lowest BCUT2D eigenvalue weighted by atomic mass is 10.3. The van der Waals surface area contributed by atoms with E-state index in [9.17, 15) is 25.1 Å². The Morgan fingerprint density at radius 3 is 2.26 bits per heavy atom. The fourth-order valence-electron chi connectivity index (χ4n) is 1.80. The topological polar surface area (TPSA) is 116 Å². The summed E-state index contributed by atoms with van der Waals surface area (Å²) in [6.45, 7) is 0.111. The van der Waals surface area contributed by atoms with E-state index in [4.69, 9.17) is 0 Å². The van der Waals surface area contributed by atoms with Gasteiger partial charge in [-0.2, -0.15) is 0 Å². The van der Waals surface area contributed by atoms with Crippen molar-refractivity contribution >= 4 is 17.4 Å². The number of likely N-dealkylation sites (tertiary alicyclic amines) is 1. The highest BCUT2D eigenvalue weighted by Crippen LogP contribution is 2.17. The van der Waals surface area contributed by atoms with E-state index in [0.717, 1.165) is 0 Å². The molecule has 0 radical (unpaired) electrons. The molecule has 0 bridgehead atoms. The largest absolute Gasteiger partial charge is 0.388 e. The van der Waals surface area contributed by atoms with E-state index >= 15 is 0 Å². The van der Waals surface area contributed by atoms with E-state index in [1.54, 1.807) is 0 Å². The summed E-state index contributed by atoms with van der Waals surface area (Å²) in [5.41, 5.74) is 0.344. The van der Waals surface area contributed by atoms with Gasteiger partial charge in [0.2, 0.25) is 0 Å². The minimum absolute atomic E-state index is 0.0555. The Bertz CT molecular complexity index is 480. The number of aliphatic hydroxyl groups excluding tert-OH is 2. The average Bonchev–Trinajstić information content (AvgIpc) is 2.70. The molecule has 2 amide bonds. The van der Waals surface area contributed by atoms with Crippen LogP contribution in [0.4, 0.5) is 16.2 Å². The maximum absolute atomic E-state index is 11.8. The van der Waals surface area contributed by atoms with E-state index in [-0.39, 0.29) is 18.8 Å². The Morgan fingerprint density at radius 1 is 1.26 bits per heavy atom. The summed E-state index contributed by atoms with van der Waals surface area (Å²) in [5, 5.41) is 31.7. The molecule has 0 aromatic heterocycles. The van der Waals surface area contributed by atoms with Crippen LogP contribution in [-0.4, -0.2) is 51.4 Å². The monoisotopic (exact) mass is 267 g/mol. The Hall–Kier alpha value is -2.19. The number of anilines is 1. The van der Waals surface area contributed by atoms with Crippen molar-refractivity contribution in [1.82, 2.24) is 4.90 Å². The normalized spacial score (nSPS) is 22.3. The second kappa shape index (κ2) is 5.21. The van der Waals surface area contributed by atoms with Gasteiger partial charge >= 0.3 is 6.03 Å². The van der Waals surface area contributed by atoms with Gasteiger partial charge in [-0.3, -0.25) is 10.1 Å². The molecule has 0 aliphatic carbocycles. The van der Waals surface area contributed by atoms with Crippen LogP contribution < -0.4 is 5.32 Å². The number of nitrogens with one attached hydrogen (secondary N) is 1. The summed E-state index contributed by atoms with van der Waals surface area (Å²) in [5.74, 6) is 0. The molecule has 1 aliphatic heterocycles. The van der Waals surface area contributed by atoms with Crippen molar-refractivity contribution in [3.63, 3.8) is 0 Å². The second-order valence-electron chi connectivity index (χ2n) is 4.27. The molecule has 102 valence electrons. The Labute approximate surface area is 108 Å². The number of nitro groups is 1. The third-order valence-corrected chi connectivity index (χ3v) is 2.88. The number of carbonyl (C=O) groups is 1. The molecule has 8 heteroatoms. The van der Waals surface area contributed by atoms with Crippen molar-refractivity contribution in [1.29, 1.82) is 0 Å². The van der Waals surface area contributed by atoms with Crippen LogP contribution in [0.2, 0.25) is 0 Å². The van der Waals surface area contributed by atoms with Crippen LogP contribution >= 0.6 is 0 Å². The number of carbonyl (C=O) groups excluding carboxylic acids is 1. The number of hydrogen-bond donors (Lipinski definition) is 3. The number of benzene rings is 1. The van der Waals surface area contributed by atoms with Crippen LogP contribution in [0.5, 0.6) is 0 Å². The Kier molecular flexibility index (Phi) is 3.63. The van der Waals surface area contributed by atoms with Crippen LogP contribution in [0.1, 0.15) is 0 Å². The minimum Gasteiger partial charge on any atom is -0.388 e. The first-order valence-electron chi connectivity index (χ1n) is 5.64. The maximum atomic E-state index is 11.8. The van der Waals surface area contributed by atoms with Crippen LogP contribution in [0.25, 0.3) is 0 Å². The van der Waals surface area contributed by atoms with Crippen molar-refractivity contribution in [2.24, 2.45) is 0 Å². The zero-order valence-corrected chi connectivity index (χ0v) is 9.89. The summed E-state index contributed by atoms with van der Waals surface area (Å²) in [7, 11) is 0. The van der Waals surface area contributed by atoms with Crippen LogP contribution in [0.3, 0.4) is 0 Å². The molecule has 1 aromatic carbocycles. The fraction of sp³-hybridized carbons (Fsp3) is 0.364. The lowest BCUT2D eigenvalue weighted by Crippen LogP contribution is -2.33. The van der Waals surface area contributed by atoms with Gasteiger partial charge in [-0.05, 0) is 12.1 Å². The zero-order valence-electron chi connectivity index (χ0n) is 9.89. The average molecular weight is 267 g/mol. The molecule has 1 saturated heterocycles. The quantitative estimate of drug-likeness (QED) is 0.521. The highest BCUT2D eigenvalue weighted by atomic mass is 16.6. The van der Waals surface area contributed by atoms with E-state index in [0.29, 0.717) is 5.69 Å². The molecular formula is C11H13N3O5. The third-order valence-electron chi connectivity index (χ3n) is 2.88. The number of β-amino-alcohol motifs (C(OH)–C–C–N with tert-alkyl or cyclic N) is 2. The number of nitrogens with zero attached hydrogens (tertiary/aromatic N) is 2. The van der Waals surface area contributed by atoms with Crippen LogP contribution in [0.15, 0.2) is 24.3 Å². The number of urea groups is 1. The third kappa shape index (κ3) is 2.98. The Morgan fingerprint density at radius 2 is 1.79 bits per heavy atom. The fourth-order valence-corrected chi connectivity index (χ4v) is 1.80. The maximum Gasteiger partial charge on any atom is 0.322 e. The lowest BCUT2D eigenvalue weighted by Gasteiger charge is -2.16. The SMILES string of the molecule is O=C(Nc1ccc([N+](=O)[O-])cc1)N1CC(O)C(O)C1. The van der Waals surface area contributed by atoms with Gasteiger partial charge in [0.1, 0.15) is 0 Å². The highest BCUT2D eigenvalue weighted by Gasteiger charge is 2.32. The molecule has 3 N–H and O–H groups in total. The number of aliphatic hydroxyl groups is 2. The van der Waals surface area contributed by atoms with Crippen molar-refractivity contribution in [3.8, 4) is 0 Å². The van der Waals surface area contributed by atoms with Gasteiger partial charge in [0.15, 0.2) is 0 Å². The van der Waals surface area contributed by atoms with Crippen molar-refractivity contribution in [2.45, 2.75) is 12.2 Å². The van der Waals surface area contributed by atoms with Gasteiger partial charge in [-0.25, -0.2) is 4.79 Å². The summed E-state index contributed by atoms with van der Waals surface area (Å²) in [6, 6.07) is 4.93. The standard InChI is InChI=1S/C11H13N3O5/c15-9-5-13(6-10(9)16)11(17)12-7-1-3-8(4-2-7)14(18)19/h1-4,9-10,15-16H,5-6H2,(H,12,17). The summed E-state index contributed by atoms with van der Waals surface area (Å²) < 4.78 is 0. The predicted molar refractivity (Wildman–Crippen MR) is 65.7 cm³/mol. The number of nitro benzene ring substituents is 1. The molecule has 2 unspecified atom stereocenters. The smallest absolute Gasteiger partial charge is 0.322 e. The molecule has 1 fully saturated rings. The van der Waals surface area contributed by atoms with Gasteiger partial charge in [-0.15, -0.1) is 0 Å². The molecular weight excluding hydrogens is 254 g/mol. The summed E-state index contributed by atoms with van der Waals surface area (Å²) in [4.78, 5) is 23.0. The molecule has 0 saturated carbocycles. The van der Waals surface area contributed by atoms with Gasteiger partial charge in [0, 0.05) is 17.8 Å². The molecule has 1 aliphatic rings. The van der Waals surface area contributed by atoms with E-state index in [1.165, 1.54) is 29.2 Å². The first-order chi connectivity index (χ1) is 8.97. The van der Waals surface area contributed by atoms with E-state index in [1.807, 2.05) is 0 Å². The van der Waals surface area contributed by atoms with Crippen molar-refractivity contribution in [3.05, 3.63) is 34.4 Å². The van der Waals surface area contributed by atoms with Gasteiger partial charge < -0.3 is 20.4 Å². The van der Waals surface area contributed by atoms with E-state index < -0.39 is 23.2 Å². The molecule has 2 atom stereocenters. The second-order valence-corrected chi connectivity index (χ2v) is 4.27. The highest BCUT2D eigenvalue weighted by molar-refractivity contribution is 5.89. The molecule has 1 heterocycles. The molecule has 0 spiro atoms. The molecule has 2 rings (SSSR count). The summed E-state index contributed by atoms with van der Waals surface area (Å²) in [6.07, 6.45) is -1.88. The Balaban J connectivity index is 1.97. The van der Waals surface area contributed by atoms with Gasteiger partial charge in [0.25, 0.3) is 5.69 Å². The number of amides is 2. The van der Waals surface area contributed by atoms with Crippen LogP contribution in [0, 0.1) is 10.1 Å². The number of rotatable bonds is 2. The molecule has 1 aromatic rings. The zero-order chi connectivity index (χ0) is 14.0. The van der Waals surface area contributed by atoms with Crippen LogP contribution in [-0.2, 0) is 0 Å². The predicted octanol–water partition coefficient (Wildman–Crippen LogP) is 0.164. The lowest BCUT2D eigenvalue weighted by molar-refractivity contribution is -0.384. The van der Waals surface area contributed by atoms with Crippen molar-refractivity contribution in [2.75, 3.05) is 18.4 Å². The van der Waals surface area contributed by atoms with Gasteiger partial charge in [0.05, 0.1) is 30.2 Å². The minimum atomic E-state index is -0.942. The first-order valence-corrected chi connectivity index (χ1v) is 5.64. The molecule has 8 nitrogen and oxygen atoms in total. The van der Waals surface area contributed by atoms with Gasteiger partial charge in [-0.1, -0.05) is 0 Å². The summed E-state index contributed by atoms with van der Waals surface area (Å²) >= 11 is 0. The van der Waals surface area contributed by atoms with E-state index in [2.05, 4.69) is 5.32 Å².